The van der Waals surface area contributed by atoms with Gasteiger partial charge in [-0.05, 0) is 29.9 Å². The Bertz CT molecular complexity index is 467. The second kappa shape index (κ2) is 5.25. The Balaban J connectivity index is 3.35. The summed E-state index contributed by atoms with van der Waals surface area (Å²) >= 11 is 0. The molecule has 0 aromatic heterocycles. The van der Waals surface area contributed by atoms with E-state index in [-0.39, 0.29) is 5.41 Å². The van der Waals surface area contributed by atoms with Gasteiger partial charge in [-0.3, -0.25) is 0 Å². The fraction of sp³-hybridized carbons (Fsp3) is 0.400. The van der Waals surface area contributed by atoms with Crippen LogP contribution in [-0.4, -0.2) is 11.3 Å². The average molecular weight is 248 g/mol. The molecule has 1 aromatic carbocycles. The number of ether oxygens (including phenoxy) is 1. The minimum atomic E-state index is -1.29. The number of hydrogen-bond acceptors (Lipinski definition) is 2. The Morgan fingerprint density at radius 3 is 2.50 bits per heavy atom. The number of aryl methyl sites for hydroxylation is 1. The van der Waals surface area contributed by atoms with E-state index in [1.807, 2.05) is 19.1 Å². The summed E-state index contributed by atoms with van der Waals surface area (Å²) in [5, 5.41) is 8.84. The third-order valence-corrected chi connectivity index (χ3v) is 2.64. The lowest BCUT2D eigenvalue weighted by atomic mass is 9.85. The first kappa shape index (κ1) is 14.3. The van der Waals surface area contributed by atoms with Crippen LogP contribution >= 0.6 is 0 Å². The molecule has 0 bridgehead atoms. The minimum absolute atomic E-state index is 0.0567. The third-order valence-electron chi connectivity index (χ3n) is 2.64. The Morgan fingerprint density at radius 2 is 2.06 bits per heavy atom. The van der Waals surface area contributed by atoms with E-state index in [2.05, 4.69) is 27.4 Å². The number of benzene rings is 1. The standard InChI is InChI=1S/C15H20O3/c1-6-11-8-7-10(2)12(9-15(3,4)5)13(11)18-14(16)17/h6-8H,1,9H2,2-5H3,(H,16,17). The van der Waals surface area contributed by atoms with Crippen LogP contribution in [0, 0.1) is 12.3 Å². The molecule has 0 aliphatic heterocycles. The van der Waals surface area contributed by atoms with Crippen molar-refractivity contribution in [1.29, 1.82) is 0 Å². The highest BCUT2D eigenvalue weighted by Crippen LogP contribution is 2.33. The first-order valence-electron chi connectivity index (χ1n) is 5.90. The van der Waals surface area contributed by atoms with Gasteiger partial charge in [0.25, 0.3) is 0 Å². The van der Waals surface area contributed by atoms with Crippen LogP contribution in [0.2, 0.25) is 0 Å². The molecule has 0 fully saturated rings. The topological polar surface area (TPSA) is 46.5 Å². The van der Waals surface area contributed by atoms with Crippen LogP contribution in [0.15, 0.2) is 18.7 Å². The molecule has 0 amide bonds. The molecule has 0 atom stereocenters. The van der Waals surface area contributed by atoms with Crippen molar-refractivity contribution in [2.75, 3.05) is 0 Å². The predicted molar refractivity (Wildman–Crippen MR) is 73.1 cm³/mol. The van der Waals surface area contributed by atoms with Crippen LogP contribution in [0.3, 0.4) is 0 Å². The summed E-state index contributed by atoms with van der Waals surface area (Å²) in [5.41, 5.74) is 2.73. The van der Waals surface area contributed by atoms with E-state index in [0.717, 1.165) is 17.5 Å². The molecule has 98 valence electrons. The van der Waals surface area contributed by atoms with Gasteiger partial charge in [-0.25, -0.2) is 4.79 Å². The zero-order valence-electron chi connectivity index (χ0n) is 11.4. The van der Waals surface area contributed by atoms with Gasteiger partial charge in [-0.2, -0.15) is 0 Å². The fourth-order valence-corrected chi connectivity index (χ4v) is 1.86. The summed E-state index contributed by atoms with van der Waals surface area (Å²) in [6.07, 6.45) is 1.08. The van der Waals surface area contributed by atoms with Gasteiger partial charge in [0, 0.05) is 5.56 Å². The van der Waals surface area contributed by atoms with Gasteiger partial charge in [0.05, 0.1) is 0 Å². The molecule has 0 saturated heterocycles. The average Bonchev–Trinajstić information content (AvgIpc) is 2.21. The van der Waals surface area contributed by atoms with Gasteiger partial charge in [0.15, 0.2) is 0 Å². The molecule has 0 saturated carbocycles. The molecule has 0 aliphatic carbocycles. The quantitative estimate of drug-likeness (QED) is 0.641. The van der Waals surface area contributed by atoms with E-state index in [1.165, 1.54) is 0 Å². The summed E-state index contributed by atoms with van der Waals surface area (Å²) in [6, 6.07) is 3.79. The Labute approximate surface area is 108 Å². The van der Waals surface area contributed by atoms with E-state index < -0.39 is 6.16 Å². The van der Waals surface area contributed by atoms with Gasteiger partial charge < -0.3 is 9.84 Å². The summed E-state index contributed by atoms with van der Waals surface area (Å²) in [4.78, 5) is 10.8. The van der Waals surface area contributed by atoms with Crippen molar-refractivity contribution in [3.63, 3.8) is 0 Å². The molecule has 0 unspecified atom stereocenters. The molecule has 3 heteroatoms. The number of rotatable bonds is 3. The van der Waals surface area contributed by atoms with Crippen LogP contribution in [0.5, 0.6) is 5.75 Å². The van der Waals surface area contributed by atoms with E-state index in [4.69, 9.17) is 9.84 Å². The normalized spacial score (nSPS) is 11.1. The molecule has 0 heterocycles. The maximum Gasteiger partial charge on any atom is 0.511 e. The second-order valence-corrected chi connectivity index (χ2v) is 5.59. The predicted octanol–water partition coefficient (Wildman–Crippen LogP) is 4.28. The highest BCUT2D eigenvalue weighted by atomic mass is 16.7. The van der Waals surface area contributed by atoms with Crippen LogP contribution in [0.4, 0.5) is 4.79 Å². The SMILES string of the molecule is C=Cc1ccc(C)c(CC(C)(C)C)c1OC(=O)O. The smallest absolute Gasteiger partial charge is 0.449 e. The van der Waals surface area contributed by atoms with Crippen molar-refractivity contribution in [2.24, 2.45) is 5.41 Å². The Hall–Kier alpha value is -1.77. The summed E-state index contributed by atoms with van der Waals surface area (Å²) in [5.74, 6) is 0.410. The summed E-state index contributed by atoms with van der Waals surface area (Å²) in [7, 11) is 0. The zero-order chi connectivity index (χ0) is 13.9. The van der Waals surface area contributed by atoms with Gasteiger partial charge >= 0.3 is 6.16 Å². The third kappa shape index (κ3) is 3.62. The summed E-state index contributed by atoms with van der Waals surface area (Å²) in [6.45, 7) is 12.0. The fourth-order valence-electron chi connectivity index (χ4n) is 1.86. The minimum Gasteiger partial charge on any atom is -0.449 e. The zero-order valence-corrected chi connectivity index (χ0v) is 11.4. The van der Waals surface area contributed by atoms with Crippen molar-refractivity contribution in [3.8, 4) is 5.75 Å². The van der Waals surface area contributed by atoms with E-state index in [9.17, 15) is 4.79 Å². The summed E-state index contributed by atoms with van der Waals surface area (Å²) < 4.78 is 4.94. The van der Waals surface area contributed by atoms with Gasteiger partial charge in [-0.15, -0.1) is 0 Å². The van der Waals surface area contributed by atoms with Crippen molar-refractivity contribution in [3.05, 3.63) is 35.4 Å². The lowest BCUT2D eigenvalue weighted by Crippen LogP contribution is -2.14. The maximum atomic E-state index is 10.8. The Kier molecular flexibility index (Phi) is 4.17. The largest absolute Gasteiger partial charge is 0.511 e. The van der Waals surface area contributed by atoms with Crippen molar-refractivity contribution >= 4 is 12.2 Å². The van der Waals surface area contributed by atoms with Crippen LogP contribution in [-0.2, 0) is 6.42 Å². The first-order chi connectivity index (χ1) is 8.24. The second-order valence-electron chi connectivity index (χ2n) is 5.59. The van der Waals surface area contributed by atoms with Gasteiger partial charge in [-0.1, -0.05) is 45.6 Å². The molecule has 0 aliphatic rings. The monoisotopic (exact) mass is 248 g/mol. The molecular weight excluding hydrogens is 228 g/mol. The van der Waals surface area contributed by atoms with Crippen LogP contribution in [0.1, 0.15) is 37.5 Å². The molecule has 0 spiro atoms. The van der Waals surface area contributed by atoms with E-state index in [1.54, 1.807) is 6.08 Å². The molecule has 1 rings (SSSR count). The first-order valence-corrected chi connectivity index (χ1v) is 5.90. The lowest BCUT2D eigenvalue weighted by molar-refractivity contribution is 0.143. The van der Waals surface area contributed by atoms with Crippen molar-refractivity contribution in [1.82, 2.24) is 0 Å². The number of carboxylic acid groups (broad SMARTS) is 1. The number of hydrogen-bond donors (Lipinski definition) is 1. The van der Waals surface area contributed by atoms with Gasteiger partial charge in [0.2, 0.25) is 0 Å². The highest BCUT2D eigenvalue weighted by Gasteiger charge is 2.20. The van der Waals surface area contributed by atoms with Crippen LogP contribution in [0.25, 0.3) is 6.08 Å². The molecule has 18 heavy (non-hydrogen) atoms. The van der Waals surface area contributed by atoms with Crippen molar-refractivity contribution in [2.45, 2.75) is 34.1 Å². The Morgan fingerprint density at radius 1 is 1.44 bits per heavy atom. The molecule has 1 aromatic rings. The van der Waals surface area contributed by atoms with E-state index in [0.29, 0.717) is 11.3 Å². The highest BCUT2D eigenvalue weighted by molar-refractivity contribution is 5.68. The molecular formula is C15H20O3. The van der Waals surface area contributed by atoms with Crippen LogP contribution < -0.4 is 4.74 Å². The molecule has 0 radical (unpaired) electrons. The van der Waals surface area contributed by atoms with Crippen molar-refractivity contribution < 1.29 is 14.6 Å². The van der Waals surface area contributed by atoms with E-state index >= 15 is 0 Å². The lowest BCUT2D eigenvalue weighted by Gasteiger charge is -2.22. The molecule has 1 N–H and O–H groups in total. The van der Waals surface area contributed by atoms with Gasteiger partial charge in [0.1, 0.15) is 5.75 Å². The molecule has 3 nitrogen and oxygen atoms in total. The maximum absolute atomic E-state index is 10.8. The number of carbonyl (C=O) groups is 1.